The summed E-state index contributed by atoms with van der Waals surface area (Å²) in [6.07, 6.45) is 6.05. The van der Waals surface area contributed by atoms with E-state index in [-0.39, 0.29) is 11.8 Å². The van der Waals surface area contributed by atoms with Gasteiger partial charge in [-0.25, -0.2) is 0 Å². The van der Waals surface area contributed by atoms with Gasteiger partial charge in [-0.2, -0.15) is 0 Å². The number of ether oxygens (including phenoxy) is 1. The first-order chi connectivity index (χ1) is 15.8. The molecule has 0 aromatic carbocycles. The van der Waals surface area contributed by atoms with Crippen molar-refractivity contribution >= 4 is 21.9 Å². The van der Waals surface area contributed by atoms with Gasteiger partial charge in [0.15, 0.2) is 0 Å². The molecule has 2 bridgehead atoms. The van der Waals surface area contributed by atoms with Crippen LogP contribution in [-0.2, 0) is 9.16 Å². The normalized spacial score (nSPS) is 31.8. The maximum atomic E-state index is 5.99. The van der Waals surface area contributed by atoms with E-state index in [1.165, 1.54) is 37.1 Å². The predicted molar refractivity (Wildman–Crippen MR) is 152 cm³/mol. The van der Waals surface area contributed by atoms with Crippen molar-refractivity contribution in [2.45, 2.75) is 113 Å². The molecule has 1 heterocycles. The van der Waals surface area contributed by atoms with Gasteiger partial charge < -0.3 is 9.16 Å². The van der Waals surface area contributed by atoms with Crippen LogP contribution in [0.4, 0.5) is 0 Å². The Morgan fingerprint density at radius 1 is 1.06 bits per heavy atom. The fraction of sp³-hybridized carbons (Fsp3) is 0.929. The molecule has 0 radical (unpaired) electrons. The zero-order valence-electron chi connectivity index (χ0n) is 24.6. The average molecular weight is 496 g/mol. The first-order valence-electron chi connectivity index (χ1n) is 13.8. The lowest BCUT2D eigenvalue weighted by Gasteiger charge is -2.34. The number of hydrogen-bond donors (Lipinski definition) is 0. The molecule has 6 heteroatoms. The number of nitrogens with zero attached hydrogens (tertiary/aromatic N) is 3. The van der Waals surface area contributed by atoms with Crippen molar-refractivity contribution < 1.29 is 9.16 Å². The Morgan fingerprint density at radius 3 is 2.03 bits per heavy atom. The summed E-state index contributed by atoms with van der Waals surface area (Å²) in [7, 11) is 2.92. The van der Waals surface area contributed by atoms with Gasteiger partial charge in [-0.3, -0.25) is 14.9 Å². The van der Waals surface area contributed by atoms with Crippen LogP contribution in [0.1, 0.15) is 94.9 Å². The molecule has 5 unspecified atom stereocenters. The highest BCUT2D eigenvalue weighted by atomic mass is 28.2. The van der Waals surface area contributed by atoms with E-state index in [2.05, 4.69) is 86.2 Å². The monoisotopic (exact) mass is 495 g/mol. The predicted octanol–water partition coefficient (Wildman–Crippen LogP) is 5.40. The number of hydrogen-bond acceptors (Lipinski definition) is 5. The first kappa shape index (κ1) is 31.5. The van der Waals surface area contributed by atoms with Crippen molar-refractivity contribution in [2.75, 3.05) is 26.7 Å². The summed E-state index contributed by atoms with van der Waals surface area (Å²) in [4.78, 5) is 11.4. The summed E-state index contributed by atoms with van der Waals surface area (Å²) in [6, 6.07) is 0.696. The second-order valence-electron chi connectivity index (χ2n) is 11.7. The molecule has 5 atom stereocenters. The molecule has 1 saturated heterocycles. The van der Waals surface area contributed by atoms with Gasteiger partial charge in [-0.1, -0.05) is 48.0 Å². The van der Waals surface area contributed by atoms with Crippen LogP contribution in [0.2, 0.25) is 0 Å². The molecule has 0 aromatic heterocycles. The van der Waals surface area contributed by atoms with E-state index in [1.54, 1.807) is 0 Å². The summed E-state index contributed by atoms with van der Waals surface area (Å²) in [5, 5.41) is 0. The Labute approximate surface area is 215 Å². The fourth-order valence-electron chi connectivity index (χ4n) is 5.01. The molecule has 3 aliphatic rings. The number of likely N-dealkylation sites (N-methyl/N-ethyl adjacent to an activating group) is 1. The van der Waals surface area contributed by atoms with Crippen molar-refractivity contribution in [3.63, 3.8) is 0 Å². The largest absolute Gasteiger partial charge is 0.425 e. The van der Waals surface area contributed by atoms with Crippen LogP contribution in [0.3, 0.4) is 0 Å². The minimum absolute atomic E-state index is 0.106. The lowest BCUT2D eigenvalue weighted by atomic mass is 9.95. The third-order valence-corrected chi connectivity index (χ3v) is 8.55. The van der Waals surface area contributed by atoms with Crippen LogP contribution >= 0.6 is 0 Å². The molecule has 3 rings (SSSR count). The Kier molecular flexibility index (Phi) is 13.8. The number of fused-ring (bicyclic) bond motifs is 2. The molecule has 2 aliphatic carbocycles. The molecule has 0 N–H and O–H groups in total. The Bertz CT molecular complexity index is 650. The molecule has 0 spiro atoms. The maximum absolute atomic E-state index is 5.99. The SMILES string of the molecule is CC(=NC1CC2CCC1C2)C(C)C.CC(C)C1(C)OC(CO[SiH3])CN1C.CCN=C(C)C(C)C. The van der Waals surface area contributed by atoms with Crippen LogP contribution < -0.4 is 0 Å². The van der Waals surface area contributed by atoms with Crippen molar-refractivity contribution in [2.24, 2.45) is 39.6 Å². The van der Waals surface area contributed by atoms with Gasteiger partial charge >= 0.3 is 0 Å². The lowest BCUT2D eigenvalue weighted by molar-refractivity contribution is -0.119. The quantitative estimate of drug-likeness (QED) is 0.351. The van der Waals surface area contributed by atoms with Gasteiger partial charge in [0.1, 0.15) is 16.2 Å². The van der Waals surface area contributed by atoms with Crippen LogP contribution in [0.25, 0.3) is 0 Å². The molecule has 2 saturated carbocycles. The van der Waals surface area contributed by atoms with Crippen molar-refractivity contribution in [3.8, 4) is 0 Å². The van der Waals surface area contributed by atoms with Gasteiger partial charge in [0.2, 0.25) is 0 Å². The first-order valence-corrected chi connectivity index (χ1v) is 14.6. The highest BCUT2D eigenvalue weighted by molar-refractivity contribution is 5.97. The summed E-state index contributed by atoms with van der Waals surface area (Å²) < 4.78 is 11.2. The third-order valence-electron chi connectivity index (χ3n) is 8.21. The second kappa shape index (κ2) is 14.9. The average Bonchev–Trinajstić information content (AvgIpc) is 3.45. The van der Waals surface area contributed by atoms with E-state index in [0.717, 1.165) is 42.0 Å². The molecule has 1 aliphatic heterocycles. The van der Waals surface area contributed by atoms with E-state index >= 15 is 0 Å². The van der Waals surface area contributed by atoms with E-state index < -0.39 is 0 Å². The zero-order chi connectivity index (χ0) is 26.1. The lowest BCUT2D eigenvalue weighted by Crippen LogP contribution is -2.44. The zero-order valence-corrected chi connectivity index (χ0v) is 26.6. The highest BCUT2D eigenvalue weighted by Gasteiger charge is 2.43. The van der Waals surface area contributed by atoms with Crippen LogP contribution in [0, 0.1) is 29.6 Å². The summed E-state index contributed by atoms with van der Waals surface area (Å²) in [5.41, 5.74) is 2.51. The minimum atomic E-state index is -0.106. The van der Waals surface area contributed by atoms with Crippen molar-refractivity contribution in [3.05, 3.63) is 0 Å². The molecule has 0 amide bonds. The molecule has 5 nitrogen and oxygen atoms in total. The Hall–Kier alpha value is -0.563. The van der Waals surface area contributed by atoms with Gasteiger partial charge in [-0.15, -0.1) is 0 Å². The van der Waals surface area contributed by atoms with Gasteiger partial charge in [0.25, 0.3) is 0 Å². The smallest absolute Gasteiger partial charge is 0.146 e. The van der Waals surface area contributed by atoms with E-state index in [4.69, 9.17) is 14.2 Å². The molecule has 3 fully saturated rings. The van der Waals surface area contributed by atoms with Gasteiger partial charge in [0.05, 0.1) is 18.8 Å². The van der Waals surface area contributed by atoms with Crippen LogP contribution in [0.5, 0.6) is 0 Å². The standard InChI is InChI=1S/C12H21N.C9H21NO2Si.C7H15N/c1-8(2)9(3)13-12-7-10-4-5-11(12)6-10;1-7(2)9(3)10(4)5-8(12-9)6-11-13;1-5-8-7(4)6(2)3/h8,10-12H,4-7H2,1-3H3;7-8H,5-6H2,1-4,13H3;6H,5H2,1-4H3. The van der Waals surface area contributed by atoms with E-state index in [0.29, 0.717) is 23.8 Å². The number of aliphatic imine (C=N–C) groups is 2. The second-order valence-corrected chi connectivity index (χ2v) is 12.3. The minimum Gasteiger partial charge on any atom is -0.425 e. The topological polar surface area (TPSA) is 46.4 Å². The maximum Gasteiger partial charge on any atom is 0.146 e. The van der Waals surface area contributed by atoms with Crippen molar-refractivity contribution in [1.29, 1.82) is 0 Å². The van der Waals surface area contributed by atoms with Crippen molar-refractivity contribution in [1.82, 2.24) is 4.90 Å². The fourth-order valence-corrected chi connectivity index (χ4v) is 5.38. The summed E-state index contributed by atoms with van der Waals surface area (Å²) in [6.45, 7) is 24.3. The highest BCUT2D eigenvalue weighted by Crippen LogP contribution is 2.46. The van der Waals surface area contributed by atoms with Gasteiger partial charge in [0, 0.05) is 24.5 Å². The summed E-state index contributed by atoms with van der Waals surface area (Å²) >= 11 is 0. The molecular formula is C28H57N3O2Si. The molecule has 34 heavy (non-hydrogen) atoms. The van der Waals surface area contributed by atoms with E-state index in [1.807, 2.05) is 0 Å². The summed E-state index contributed by atoms with van der Waals surface area (Å²) in [5.74, 6) is 3.74. The molecule has 200 valence electrons. The Balaban J connectivity index is 0.000000264. The molecule has 0 aromatic rings. The van der Waals surface area contributed by atoms with Gasteiger partial charge in [-0.05, 0) is 83.6 Å². The van der Waals surface area contributed by atoms with Crippen LogP contribution in [0.15, 0.2) is 9.98 Å². The Morgan fingerprint density at radius 2 is 1.68 bits per heavy atom. The molecular weight excluding hydrogens is 438 g/mol. The third kappa shape index (κ3) is 9.48. The van der Waals surface area contributed by atoms with Crippen LogP contribution in [-0.4, -0.2) is 71.4 Å². The van der Waals surface area contributed by atoms with E-state index in [9.17, 15) is 0 Å². The number of rotatable bonds is 7.